The van der Waals surface area contributed by atoms with Crippen molar-refractivity contribution in [1.82, 2.24) is 15.1 Å². The number of carbonyl (C=O) groups is 1. The number of morpholine rings is 1. The van der Waals surface area contributed by atoms with E-state index >= 15 is 0 Å². The van der Waals surface area contributed by atoms with Crippen molar-refractivity contribution < 1.29 is 14.3 Å². The number of carbonyl (C=O) groups excluding carboxylic acids is 1. The average Bonchev–Trinajstić information content (AvgIpc) is 3.10. The van der Waals surface area contributed by atoms with Gasteiger partial charge in [-0.1, -0.05) is 23.7 Å². The molecule has 3 aliphatic rings. The number of halogens is 1. The highest BCUT2D eigenvalue weighted by Crippen LogP contribution is 2.31. The van der Waals surface area contributed by atoms with Crippen LogP contribution in [0.1, 0.15) is 37.9 Å². The van der Waals surface area contributed by atoms with Crippen LogP contribution in [0.2, 0.25) is 5.02 Å². The van der Waals surface area contributed by atoms with Crippen molar-refractivity contribution in [2.24, 2.45) is 0 Å². The topological polar surface area (TPSA) is 54.0 Å². The molecule has 7 heteroatoms. The van der Waals surface area contributed by atoms with E-state index in [-0.39, 0.29) is 12.2 Å². The number of ether oxygens (including phenoxy) is 2. The molecule has 1 N–H and O–H groups in total. The molecule has 0 unspecified atom stereocenters. The van der Waals surface area contributed by atoms with Crippen LogP contribution in [0.25, 0.3) is 0 Å². The summed E-state index contributed by atoms with van der Waals surface area (Å²) >= 11 is 6.01. The van der Waals surface area contributed by atoms with Crippen LogP contribution in [0, 0.1) is 0 Å². The first-order valence-electron chi connectivity index (χ1n) is 10.4. The molecule has 28 heavy (non-hydrogen) atoms. The first kappa shape index (κ1) is 20.0. The zero-order valence-corrected chi connectivity index (χ0v) is 17.2. The number of nitrogens with one attached hydrogen (secondary N) is 1. The maximum Gasteiger partial charge on any atom is 0.409 e. The fourth-order valence-electron chi connectivity index (χ4n) is 4.65. The Morgan fingerprint density at radius 3 is 2.68 bits per heavy atom. The summed E-state index contributed by atoms with van der Waals surface area (Å²) in [5, 5.41) is 4.60. The number of piperidine rings is 1. The molecule has 0 aromatic heterocycles. The number of benzene rings is 1. The summed E-state index contributed by atoms with van der Waals surface area (Å²) in [7, 11) is 0. The third-order valence-corrected chi connectivity index (χ3v) is 6.40. The van der Waals surface area contributed by atoms with Crippen LogP contribution in [-0.4, -0.2) is 73.4 Å². The van der Waals surface area contributed by atoms with Crippen LogP contribution in [0.5, 0.6) is 0 Å². The minimum atomic E-state index is -0.177. The van der Waals surface area contributed by atoms with E-state index in [9.17, 15) is 4.79 Å². The summed E-state index contributed by atoms with van der Waals surface area (Å²) in [5.74, 6) is 0. The molecule has 1 amide bonds. The van der Waals surface area contributed by atoms with Crippen molar-refractivity contribution in [2.45, 2.75) is 50.4 Å². The Labute approximate surface area is 172 Å². The molecule has 154 valence electrons. The van der Waals surface area contributed by atoms with Gasteiger partial charge >= 0.3 is 6.09 Å². The normalized spacial score (nSPS) is 28.9. The SMILES string of the molecule is CCOC(=O)N1CCC(N[C@@H]2C[C@H]3CO[C@@H](c4ccc(Cl)cc4)CN3C2)CC1. The average molecular weight is 408 g/mol. The first-order valence-corrected chi connectivity index (χ1v) is 10.8. The van der Waals surface area contributed by atoms with Crippen LogP contribution >= 0.6 is 11.6 Å². The molecule has 1 aromatic carbocycles. The van der Waals surface area contributed by atoms with Crippen molar-refractivity contribution in [3.05, 3.63) is 34.9 Å². The smallest absolute Gasteiger partial charge is 0.409 e. The van der Waals surface area contributed by atoms with Crippen LogP contribution < -0.4 is 5.32 Å². The van der Waals surface area contributed by atoms with Crippen LogP contribution in [0.4, 0.5) is 4.79 Å². The Kier molecular flexibility index (Phi) is 6.41. The molecule has 0 radical (unpaired) electrons. The second kappa shape index (κ2) is 8.99. The maximum atomic E-state index is 11.8. The molecule has 0 aliphatic carbocycles. The summed E-state index contributed by atoms with van der Waals surface area (Å²) in [4.78, 5) is 16.2. The molecule has 6 nitrogen and oxygen atoms in total. The van der Waals surface area contributed by atoms with E-state index in [4.69, 9.17) is 21.1 Å². The van der Waals surface area contributed by atoms with Crippen molar-refractivity contribution in [3.8, 4) is 0 Å². The highest BCUT2D eigenvalue weighted by molar-refractivity contribution is 6.30. The lowest BCUT2D eigenvalue weighted by molar-refractivity contribution is -0.0502. The molecular formula is C21H30ClN3O3. The van der Waals surface area contributed by atoms with Gasteiger partial charge in [0.1, 0.15) is 0 Å². The number of nitrogens with zero attached hydrogens (tertiary/aromatic N) is 2. The fourth-order valence-corrected chi connectivity index (χ4v) is 4.78. The van der Waals surface area contributed by atoms with Gasteiger partial charge in [0.15, 0.2) is 0 Å². The fraction of sp³-hybridized carbons (Fsp3) is 0.667. The van der Waals surface area contributed by atoms with E-state index in [0.29, 0.717) is 24.7 Å². The minimum absolute atomic E-state index is 0.125. The largest absolute Gasteiger partial charge is 0.450 e. The summed E-state index contributed by atoms with van der Waals surface area (Å²) in [6.45, 7) is 6.63. The van der Waals surface area contributed by atoms with Gasteiger partial charge in [0.25, 0.3) is 0 Å². The second-order valence-electron chi connectivity index (χ2n) is 8.04. The predicted molar refractivity (Wildman–Crippen MR) is 109 cm³/mol. The number of likely N-dealkylation sites (tertiary alicyclic amines) is 1. The Morgan fingerprint density at radius 1 is 1.21 bits per heavy atom. The van der Waals surface area contributed by atoms with Gasteiger partial charge < -0.3 is 19.7 Å². The van der Waals surface area contributed by atoms with E-state index < -0.39 is 0 Å². The molecule has 0 saturated carbocycles. The molecule has 1 aromatic rings. The van der Waals surface area contributed by atoms with Gasteiger partial charge in [-0.3, -0.25) is 4.90 Å². The lowest BCUT2D eigenvalue weighted by atomic mass is 10.0. The van der Waals surface area contributed by atoms with E-state index in [1.54, 1.807) is 0 Å². The summed E-state index contributed by atoms with van der Waals surface area (Å²) in [5.41, 5.74) is 1.20. The standard InChI is InChI=1S/C21H30ClN3O3/c1-2-27-21(26)24-9-7-17(8-10-24)23-18-11-19-14-28-20(13-25(19)12-18)15-3-5-16(22)6-4-15/h3-6,17-20,23H,2,7-14H2,1H3/t18-,19+,20-/m1/s1. The van der Waals surface area contributed by atoms with Gasteiger partial charge in [-0.25, -0.2) is 4.79 Å². The van der Waals surface area contributed by atoms with Gasteiger partial charge in [-0.15, -0.1) is 0 Å². The minimum Gasteiger partial charge on any atom is -0.450 e. The molecular weight excluding hydrogens is 378 g/mol. The molecule has 3 fully saturated rings. The van der Waals surface area contributed by atoms with Gasteiger partial charge in [0, 0.05) is 49.3 Å². The monoisotopic (exact) mass is 407 g/mol. The number of rotatable bonds is 4. The number of hydrogen-bond acceptors (Lipinski definition) is 5. The number of fused-ring (bicyclic) bond motifs is 1. The molecule has 3 saturated heterocycles. The zero-order chi connectivity index (χ0) is 19.5. The predicted octanol–water partition coefficient (Wildman–Crippen LogP) is 3.06. The van der Waals surface area contributed by atoms with Crippen molar-refractivity contribution in [1.29, 1.82) is 0 Å². The Hall–Kier alpha value is -1.34. The molecule has 0 spiro atoms. The van der Waals surface area contributed by atoms with Crippen LogP contribution in [0.3, 0.4) is 0 Å². The second-order valence-corrected chi connectivity index (χ2v) is 8.48. The van der Waals surface area contributed by atoms with Gasteiger partial charge in [0.05, 0.1) is 19.3 Å². The number of hydrogen-bond donors (Lipinski definition) is 1. The maximum absolute atomic E-state index is 11.8. The summed E-state index contributed by atoms with van der Waals surface area (Å²) in [6.07, 6.45) is 3.06. The highest BCUT2D eigenvalue weighted by atomic mass is 35.5. The molecule has 4 rings (SSSR count). The zero-order valence-electron chi connectivity index (χ0n) is 16.5. The van der Waals surface area contributed by atoms with Crippen molar-refractivity contribution in [3.63, 3.8) is 0 Å². The summed E-state index contributed by atoms with van der Waals surface area (Å²) < 4.78 is 11.3. The molecule has 3 heterocycles. The van der Waals surface area contributed by atoms with Crippen LogP contribution in [-0.2, 0) is 9.47 Å². The Bertz CT molecular complexity index is 663. The van der Waals surface area contributed by atoms with Crippen LogP contribution in [0.15, 0.2) is 24.3 Å². The van der Waals surface area contributed by atoms with E-state index in [2.05, 4.69) is 22.3 Å². The van der Waals surface area contributed by atoms with Gasteiger partial charge in [-0.05, 0) is 43.9 Å². The third kappa shape index (κ3) is 4.62. The first-order chi connectivity index (χ1) is 13.6. The van der Waals surface area contributed by atoms with Gasteiger partial charge in [-0.2, -0.15) is 0 Å². The number of amides is 1. The molecule has 0 bridgehead atoms. The Balaban J connectivity index is 1.25. The van der Waals surface area contributed by atoms with E-state index in [1.807, 2.05) is 24.0 Å². The quantitative estimate of drug-likeness (QED) is 0.831. The van der Waals surface area contributed by atoms with E-state index in [1.165, 1.54) is 5.56 Å². The summed E-state index contributed by atoms with van der Waals surface area (Å²) in [6, 6.07) is 9.47. The highest BCUT2D eigenvalue weighted by Gasteiger charge is 2.38. The molecule has 3 aliphatic heterocycles. The van der Waals surface area contributed by atoms with Crippen molar-refractivity contribution >= 4 is 17.7 Å². The lowest BCUT2D eigenvalue weighted by Gasteiger charge is -2.35. The molecule has 3 atom stereocenters. The Morgan fingerprint density at radius 2 is 1.96 bits per heavy atom. The third-order valence-electron chi connectivity index (χ3n) is 6.15. The van der Waals surface area contributed by atoms with Crippen molar-refractivity contribution in [2.75, 3.05) is 39.4 Å². The van der Waals surface area contributed by atoms with Gasteiger partial charge in [0.2, 0.25) is 0 Å². The van der Waals surface area contributed by atoms with E-state index in [0.717, 1.165) is 57.1 Å². The lowest BCUT2D eigenvalue weighted by Crippen LogP contribution is -2.48.